The summed E-state index contributed by atoms with van der Waals surface area (Å²) in [5, 5.41) is 8.40. The SMILES string of the molecule is COCc1nc2n(n1)CCC[C@@H]2N[C@@H]1CCCC1(C)C. The van der Waals surface area contributed by atoms with Gasteiger partial charge in [0.25, 0.3) is 0 Å². The Morgan fingerprint density at radius 3 is 2.90 bits per heavy atom. The number of hydrogen-bond donors (Lipinski definition) is 1. The molecule has 0 unspecified atom stereocenters. The Labute approximate surface area is 121 Å². The van der Waals surface area contributed by atoms with Gasteiger partial charge in [0.05, 0.1) is 6.04 Å². The van der Waals surface area contributed by atoms with Crippen LogP contribution in [0, 0.1) is 5.41 Å². The molecule has 2 atom stereocenters. The van der Waals surface area contributed by atoms with Crippen molar-refractivity contribution >= 4 is 0 Å². The zero-order valence-electron chi connectivity index (χ0n) is 12.9. The number of aromatic nitrogens is 3. The lowest BCUT2D eigenvalue weighted by molar-refractivity contribution is 0.177. The Hall–Kier alpha value is -0.940. The summed E-state index contributed by atoms with van der Waals surface area (Å²) >= 11 is 0. The summed E-state index contributed by atoms with van der Waals surface area (Å²) in [5.74, 6) is 1.91. The van der Waals surface area contributed by atoms with E-state index in [0.717, 1.165) is 24.6 Å². The van der Waals surface area contributed by atoms with Gasteiger partial charge >= 0.3 is 0 Å². The van der Waals surface area contributed by atoms with Gasteiger partial charge in [-0.05, 0) is 31.1 Å². The lowest BCUT2D eigenvalue weighted by Gasteiger charge is -2.33. The zero-order chi connectivity index (χ0) is 14.2. The summed E-state index contributed by atoms with van der Waals surface area (Å²) in [4.78, 5) is 4.68. The first-order chi connectivity index (χ1) is 9.60. The molecule has 20 heavy (non-hydrogen) atoms. The zero-order valence-corrected chi connectivity index (χ0v) is 12.9. The molecule has 1 aliphatic carbocycles. The van der Waals surface area contributed by atoms with Gasteiger partial charge in [0.1, 0.15) is 12.4 Å². The average Bonchev–Trinajstić information content (AvgIpc) is 2.94. The number of aryl methyl sites for hydroxylation is 1. The van der Waals surface area contributed by atoms with Crippen LogP contribution in [0.1, 0.15) is 63.6 Å². The molecule has 112 valence electrons. The second-order valence-corrected chi connectivity index (χ2v) is 6.84. The van der Waals surface area contributed by atoms with Crippen molar-refractivity contribution in [3.05, 3.63) is 11.6 Å². The minimum atomic E-state index is 0.351. The highest BCUT2D eigenvalue weighted by Crippen LogP contribution is 2.39. The topological polar surface area (TPSA) is 52.0 Å². The maximum atomic E-state index is 5.15. The molecule has 5 heteroatoms. The van der Waals surface area contributed by atoms with Crippen molar-refractivity contribution in [1.29, 1.82) is 0 Å². The van der Waals surface area contributed by atoms with E-state index in [1.165, 1.54) is 25.7 Å². The highest BCUT2D eigenvalue weighted by molar-refractivity contribution is 5.04. The molecule has 2 heterocycles. The van der Waals surface area contributed by atoms with E-state index < -0.39 is 0 Å². The second-order valence-electron chi connectivity index (χ2n) is 6.84. The van der Waals surface area contributed by atoms with Crippen LogP contribution in [0.25, 0.3) is 0 Å². The molecule has 1 N–H and O–H groups in total. The van der Waals surface area contributed by atoms with Gasteiger partial charge in [0.15, 0.2) is 5.82 Å². The molecule has 1 aliphatic heterocycles. The smallest absolute Gasteiger partial charge is 0.176 e. The van der Waals surface area contributed by atoms with Crippen molar-refractivity contribution in [1.82, 2.24) is 20.1 Å². The van der Waals surface area contributed by atoms with Crippen molar-refractivity contribution < 1.29 is 4.74 Å². The summed E-state index contributed by atoms with van der Waals surface area (Å²) < 4.78 is 7.22. The van der Waals surface area contributed by atoms with Crippen LogP contribution in [0.15, 0.2) is 0 Å². The minimum absolute atomic E-state index is 0.351. The number of ether oxygens (including phenoxy) is 1. The van der Waals surface area contributed by atoms with Crippen LogP contribution in [0.2, 0.25) is 0 Å². The Morgan fingerprint density at radius 1 is 1.35 bits per heavy atom. The van der Waals surface area contributed by atoms with Gasteiger partial charge < -0.3 is 10.1 Å². The van der Waals surface area contributed by atoms with Crippen molar-refractivity contribution in [2.45, 2.75) is 71.2 Å². The molecular formula is C15H26N4O. The van der Waals surface area contributed by atoms with Crippen LogP contribution in [0.4, 0.5) is 0 Å². The molecule has 0 amide bonds. The third kappa shape index (κ3) is 2.61. The Morgan fingerprint density at radius 2 is 2.20 bits per heavy atom. The fourth-order valence-electron chi connectivity index (χ4n) is 3.63. The standard InChI is InChI=1S/C15H26N4O/c1-15(2)8-4-7-12(15)16-11-6-5-9-19-14(11)17-13(18-19)10-20-3/h11-12,16H,4-10H2,1-3H3/t11-,12+/m0/s1. The Balaban J connectivity index is 1.76. The summed E-state index contributed by atoms with van der Waals surface area (Å²) in [5.41, 5.74) is 0.400. The number of hydrogen-bond acceptors (Lipinski definition) is 4. The summed E-state index contributed by atoms with van der Waals surface area (Å²) in [6.07, 6.45) is 6.27. The molecule has 0 aromatic carbocycles. The predicted octanol–water partition coefficient (Wildman–Crippen LogP) is 2.43. The molecule has 1 aromatic heterocycles. The van der Waals surface area contributed by atoms with E-state index in [-0.39, 0.29) is 0 Å². The van der Waals surface area contributed by atoms with Crippen LogP contribution in [0.3, 0.4) is 0 Å². The number of methoxy groups -OCH3 is 1. The number of nitrogens with zero attached hydrogens (tertiary/aromatic N) is 3. The maximum absolute atomic E-state index is 5.15. The first-order valence-electron chi connectivity index (χ1n) is 7.79. The third-order valence-corrected chi connectivity index (χ3v) is 4.85. The Bertz CT molecular complexity index is 468. The number of rotatable bonds is 4. The first kappa shape index (κ1) is 14.0. The Kier molecular flexibility index (Phi) is 3.82. The second kappa shape index (κ2) is 5.45. The van der Waals surface area contributed by atoms with Gasteiger partial charge in [0, 0.05) is 19.7 Å². The van der Waals surface area contributed by atoms with E-state index in [2.05, 4.69) is 33.9 Å². The van der Waals surface area contributed by atoms with E-state index in [1.54, 1.807) is 7.11 Å². The monoisotopic (exact) mass is 278 g/mol. The van der Waals surface area contributed by atoms with Gasteiger partial charge in [-0.3, -0.25) is 0 Å². The minimum Gasteiger partial charge on any atom is -0.377 e. The van der Waals surface area contributed by atoms with Crippen molar-refractivity contribution in [3.63, 3.8) is 0 Å². The molecule has 0 radical (unpaired) electrons. The lowest BCUT2D eigenvalue weighted by atomic mass is 9.86. The third-order valence-electron chi connectivity index (χ3n) is 4.85. The molecular weight excluding hydrogens is 252 g/mol. The van der Waals surface area contributed by atoms with Gasteiger partial charge in [-0.1, -0.05) is 20.3 Å². The van der Waals surface area contributed by atoms with Crippen LogP contribution >= 0.6 is 0 Å². The molecule has 0 saturated heterocycles. The van der Waals surface area contributed by atoms with Gasteiger partial charge in [-0.2, -0.15) is 5.10 Å². The van der Waals surface area contributed by atoms with Gasteiger partial charge in [0.2, 0.25) is 0 Å². The lowest BCUT2D eigenvalue weighted by Crippen LogP contribution is -2.42. The number of nitrogens with one attached hydrogen (secondary N) is 1. The molecule has 5 nitrogen and oxygen atoms in total. The van der Waals surface area contributed by atoms with E-state index in [0.29, 0.717) is 24.1 Å². The maximum Gasteiger partial charge on any atom is 0.176 e. The fraction of sp³-hybridized carbons (Fsp3) is 0.867. The molecule has 1 aromatic rings. The van der Waals surface area contributed by atoms with E-state index in [9.17, 15) is 0 Å². The predicted molar refractivity (Wildman–Crippen MR) is 77.3 cm³/mol. The summed E-state index contributed by atoms with van der Waals surface area (Å²) in [6.45, 7) is 6.24. The van der Waals surface area contributed by atoms with E-state index in [4.69, 9.17) is 4.74 Å². The molecule has 3 rings (SSSR count). The average molecular weight is 278 g/mol. The summed E-state index contributed by atoms with van der Waals surface area (Å²) in [7, 11) is 1.69. The molecule has 2 aliphatic rings. The molecule has 1 saturated carbocycles. The quantitative estimate of drug-likeness (QED) is 0.919. The molecule has 0 bridgehead atoms. The van der Waals surface area contributed by atoms with E-state index >= 15 is 0 Å². The van der Waals surface area contributed by atoms with E-state index in [1.807, 2.05) is 0 Å². The first-order valence-corrected chi connectivity index (χ1v) is 7.79. The van der Waals surface area contributed by atoms with Gasteiger partial charge in [-0.25, -0.2) is 9.67 Å². The van der Waals surface area contributed by atoms with Gasteiger partial charge in [-0.15, -0.1) is 0 Å². The summed E-state index contributed by atoms with van der Waals surface area (Å²) in [6, 6.07) is 0.950. The fourth-order valence-corrected chi connectivity index (χ4v) is 3.63. The molecule has 0 spiro atoms. The van der Waals surface area contributed by atoms with Crippen LogP contribution in [-0.2, 0) is 17.9 Å². The normalized spacial score (nSPS) is 28.6. The van der Waals surface area contributed by atoms with Crippen molar-refractivity contribution in [2.75, 3.05) is 7.11 Å². The van der Waals surface area contributed by atoms with Crippen LogP contribution in [-0.4, -0.2) is 27.9 Å². The highest BCUT2D eigenvalue weighted by atomic mass is 16.5. The van der Waals surface area contributed by atoms with Crippen molar-refractivity contribution in [2.24, 2.45) is 5.41 Å². The van der Waals surface area contributed by atoms with Crippen LogP contribution in [0.5, 0.6) is 0 Å². The highest BCUT2D eigenvalue weighted by Gasteiger charge is 2.37. The van der Waals surface area contributed by atoms with Crippen molar-refractivity contribution in [3.8, 4) is 0 Å². The molecule has 1 fully saturated rings. The number of fused-ring (bicyclic) bond motifs is 1. The largest absolute Gasteiger partial charge is 0.377 e. The van der Waals surface area contributed by atoms with Crippen LogP contribution < -0.4 is 5.32 Å².